The lowest BCUT2D eigenvalue weighted by Crippen LogP contribution is -2.28. The van der Waals surface area contributed by atoms with Gasteiger partial charge in [-0.1, -0.05) is 6.42 Å². The van der Waals surface area contributed by atoms with Gasteiger partial charge >= 0.3 is 0 Å². The van der Waals surface area contributed by atoms with E-state index in [0.29, 0.717) is 12.7 Å². The largest absolute Gasteiger partial charge is 0.454 e. The quantitative estimate of drug-likeness (QED) is 0.884. The van der Waals surface area contributed by atoms with E-state index in [9.17, 15) is 5.11 Å². The number of halogens is 1. The Bertz CT molecular complexity index is 480. The first-order valence-electron chi connectivity index (χ1n) is 7.19. The number of ether oxygens (including phenoxy) is 2. The summed E-state index contributed by atoms with van der Waals surface area (Å²) in [7, 11) is 0. The fourth-order valence-corrected chi connectivity index (χ4v) is 3.60. The highest BCUT2D eigenvalue weighted by atomic mass is 79.9. The van der Waals surface area contributed by atoms with Gasteiger partial charge in [-0.05, 0) is 65.4 Å². The molecule has 1 fully saturated rings. The molecule has 20 heavy (non-hydrogen) atoms. The maximum atomic E-state index is 9.67. The Kier molecular flexibility index (Phi) is 4.48. The van der Waals surface area contributed by atoms with Gasteiger partial charge in [0.05, 0.1) is 10.6 Å². The Balaban J connectivity index is 1.52. The van der Waals surface area contributed by atoms with Crippen LogP contribution in [0.25, 0.3) is 0 Å². The third kappa shape index (κ3) is 3.27. The van der Waals surface area contributed by atoms with Crippen molar-refractivity contribution in [1.29, 1.82) is 0 Å². The van der Waals surface area contributed by atoms with Crippen LogP contribution in [-0.2, 0) is 6.54 Å². The summed E-state index contributed by atoms with van der Waals surface area (Å²) < 4.78 is 11.7. The molecule has 5 heteroatoms. The van der Waals surface area contributed by atoms with Gasteiger partial charge in [0.2, 0.25) is 6.79 Å². The SMILES string of the molecule is OC1CCCC(CNCc2cc(Br)c3c(c2)OCO3)C1. The van der Waals surface area contributed by atoms with Gasteiger partial charge in [-0.3, -0.25) is 0 Å². The molecule has 0 aromatic heterocycles. The maximum absolute atomic E-state index is 9.67. The topological polar surface area (TPSA) is 50.7 Å². The molecule has 1 aromatic carbocycles. The summed E-state index contributed by atoms with van der Waals surface area (Å²) in [6.45, 7) is 2.07. The van der Waals surface area contributed by atoms with Crippen LogP contribution < -0.4 is 14.8 Å². The zero-order valence-corrected chi connectivity index (χ0v) is 13.0. The van der Waals surface area contributed by atoms with Gasteiger partial charge in [-0.2, -0.15) is 0 Å². The highest BCUT2D eigenvalue weighted by molar-refractivity contribution is 9.10. The molecule has 1 heterocycles. The van der Waals surface area contributed by atoms with Crippen LogP contribution in [0.4, 0.5) is 0 Å². The number of hydrogen-bond acceptors (Lipinski definition) is 4. The zero-order chi connectivity index (χ0) is 13.9. The Morgan fingerprint density at radius 1 is 1.30 bits per heavy atom. The van der Waals surface area contributed by atoms with E-state index in [2.05, 4.69) is 27.3 Å². The molecule has 0 spiro atoms. The molecule has 2 unspecified atom stereocenters. The highest BCUT2D eigenvalue weighted by Crippen LogP contribution is 2.39. The average Bonchev–Trinajstić information content (AvgIpc) is 2.88. The van der Waals surface area contributed by atoms with Gasteiger partial charge in [0, 0.05) is 6.54 Å². The highest BCUT2D eigenvalue weighted by Gasteiger charge is 2.20. The molecule has 0 amide bonds. The number of nitrogens with one attached hydrogen (secondary N) is 1. The maximum Gasteiger partial charge on any atom is 0.231 e. The van der Waals surface area contributed by atoms with E-state index < -0.39 is 0 Å². The van der Waals surface area contributed by atoms with Crippen molar-refractivity contribution in [1.82, 2.24) is 5.32 Å². The first-order chi connectivity index (χ1) is 9.72. The zero-order valence-electron chi connectivity index (χ0n) is 11.4. The molecule has 0 saturated heterocycles. The summed E-state index contributed by atoms with van der Waals surface area (Å²) in [5.41, 5.74) is 1.18. The van der Waals surface area contributed by atoms with Crippen LogP contribution >= 0.6 is 15.9 Å². The third-order valence-electron chi connectivity index (χ3n) is 4.00. The van der Waals surface area contributed by atoms with E-state index in [1.807, 2.05) is 6.07 Å². The summed E-state index contributed by atoms with van der Waals surface area (Å²) >= 11 is 3.51. The number of benzene rings is 1. The Labute approximate surface area is 127 Å². The van der Waals surface area contributed by atoms with Crippen molar-refractivity contribution in [3.8, 4) is 11.5 Å². The minimum Gasteiger partial charge on any atom is -0.454 e. The van der Waals surface area contributed by atoms with Crippen LogP contribution in [0.5, 0.6) is 11.5 Å². The van der Waals surface area contributed by atoms with Gasteiger partial charge in [0.1, 0.15) is 0 Å². The first kappa shape index (κ1) is 14.2. The van der Waals surface area contributed by atoms with E-state index in [1.165, 1.54) is 12.0 Å². The van der Waals surface area contributed by atoms with Gasteiger partial charge < -0.3 is 19.9 Å². The number of rotatable bonds is 4. The van der Waals surface area contributed by atoms with Crippen molar-refractivity contribution in [2.24, 2.45) is 5.92 Å². The van der Waals surface area contributed by atoms with Crippen molar-refractivity contribution in [2.45, 2.75) is 38.3 Å². The molecule has 0 bridgehead atoms. The molecule has 110 valence electrons. The number of aliphatic hydroxyl groups is 1. The summed E-state index contributed by atoms with van der Waals surface area (Å²) in [4.78, 5) is 0. The lowest BCUT2D eigenvalue weighted by molar-refractivity contribution is 0.101. The van der Waals surface area contributed by atoms with E-state index in [-0.39, 0.29) is 6.10 Å². The molecule has 3 rings (SSSR count). The van der Waals surface area contributed by atoms with Crippen molar-refractivity contribution < 1.29 is 14.6 Å². The molecule has 1 aliphatic carbocycles. The van der Waals surface area contributed by atoms with Crippen LogP contribution in [0.1, 0.15) is 31.2 Å². The molecular weight excluding hydrogens is 322 g/mol. The number of fused-ring (bicyclic) bond motifs is 1. The summed E-state index contributed by atoms with van der Waals surface area (Å²) in [6.07, 6.45) is 4.15. The first-order valence-corrected chi connectivity index (χ1v) is 7.98. The third-order valence-corrected chi connectivity index (χ3v) is 4.59. The molecule has 2 aliphatic rings. The molecule has 1 aliphatic heterocycles. The van der Waals surface area contributed by atoms with Gasteiger partial charge in [0.15, 0.2) is 11.5 Å². The van der Waals surface area contributed by atoms with E-state index >= 15 is 0 Å². The lowest BCUT2D eigenvalue weighted by atomic mass is 9.87. The van der Waals surface area contributed by atoms with Crippen molar-refractivity contribution in [3.63, 3.8) is 0 Å². The Morgan fingerprint density at radius 3 is 3.05 bits per heavy atom. The van der Waals surface area contributed by atoms with Crippen molar-refractivity contribution in [2.75, 3.05) is 13.3 Å². The molecular formula is C15H20BrNO3. The van der Waals surface area contributed by atoms with Crippen LogP contribution in [-0.4, -0.2) is 24.5 Å². The second-order valence-corrected chi connectivity index (χ2v) is 6.48. The van der Waals surface area contributed by atoms with Crippen molar-refractivity contribution >= 4 is 15.9 Å². The number of aliphatic hydroxyl groups excluding tert-OH is 1. The van der Waals surface area contributed by atoms with Crippen LogP contribution in [0.3, 0.4) is 0 Å². The van der Waals surface area contributed by atoms with E-state index in [0.717, 1.165) is 48.3 Å². The second kappa shape index (κ2) is 6.33. The van der Waals surface area contributed by atoms with Crippen LogP contribution in [0.2, 0.25) is 0 Å². The monoisotopic (exact) mass is 341 g/mol. The predicted octanol–water partition coefficient (Wildman–Crippen LogP) is 2.82. The van der Waals surface area contributed by atoms with E-state index in [4.69, 9.17) is 9.47 Å². The predicted molar refractivity (Wildman–Crippen MR) is 79.9 cm³/mol. The molecule has 1 saturated carbocycles. The Hall–Kier alpha value is -0.780. The van der Waals surface area contributed by atoms with Crippen LogP contribution in [0, 0.1) is 5.92 Å². The number of hydrogen-bond donors (Lipinski definition) is 2. The lowest BCUT2D eigenvalue weighted by Gasteiger charge is -2.26. The fourth-order valence-electron chi connectivity index (χ4n) is 2.99. The molecule has 4 nitrogen and oxygen atoms in total. The average molecular weight is 342 g/mol. The minimum absolute atomic E-state index is 0.102. The summed E-state index contributed by atoms with van der Waals surface area (Å²) in [5, 5.41) is 13.2. The molecule has 2 N–H and O–H groups in total. The Morgan fingerprint density at radius 2 is 2.20 bits per heavy atom. The van der Waals surface area contributed by atoms with Crippen molar-refractivity contribution in [3.05, 3.63) is 22.2 Å². The smallest absolute Gasteiger partial charge is 0.231 e. The van der Waals surface area contributed by atoms with Crippen LogP contribution in [0.15, 0.2) is 16.6 Å². The summed E-state index contributed by atoms with van der Waals surface area (Å²) in [5.74, 6) is 2.20. The fraction of sp³-hybridized carbons (Fsp3) is 0.600. The van der Waals surface area contributed by atoms with E-state index in [1.54, 1.807) is 0 Å². The van der Waals surface area contributed by atoms with Gasteiger partial charge in [-0.25, -0.2) is 0 Å². The molecule has 2 atom stereocenters. The minimum atomic E-state index is -0.102. The molecule has 1 aromatic rings. The standard InChI is InChI=1S/C15H20BrNO3/c16-13-5-11(6-14-15(13)20-9-19-14)8-17-7-10-2-1-3-12(18)4-10/h5-6,10,12,17-18H,1-4,7-9H2. The molecule has 0 radical (unpaired) electrons. The van der Waals surface area contributed by atoms with Gasteiger partial charge in [-0.15, -0.1) is 0 Å². The second-order valence-electron chi connectivity index (χ2n) is 5.63. The van der Waals surface area contributed by atoms with Gasteiger partial charge in [0.25, 0.3) is 0 Å². The summed E-state index contributed by atoms with van der Waals surface area (Å²) in [6, 6.07) is 4.09. The normalized spacial score (nSPS) is 24.9.